The fraction of sp³-hybridized carbons (Fsp3) is 0.667. The quantitative estimate of drug-likeness (QED) is 0.383. The zero-order valence-corrected chi connectivity index (χ0v) is 17.2. The number of halogens is 1. The van der Waals surface area contributed by atoms with Crippen molar-refractivity contribution in [3.8, 4) is 0 Å². The van der Waals surface area contributed by atoms with Gasteiger partial charge in [0, 0.05) is 17.4 Å². The van der Waals surface area contributed by atoms with Gasteiger partial charge in [0.15, 0.2) is 6.29 Å². The van der Waals surface area contributed by atoms with Gasteiger partial charge >= 0.3 is 0 Å². The third kappa shape index (κ3) is 5.88. The molecule has 0 spiro atoms. The monoisotopic (exact) mass is 390 g/mol. The molecular formula is C24H35FO3. The first-order chi connectivity index (χ1) is 13.7. The van der Waals surface area contributed by atoms with E-state index in [0.717, 1.165) is 44.5 Å². The Morgan fingerprint density at radius 3 is 2.57 bits per heavy atom. The number of ether oxygens (including phenoxy) is 3. The van der Waals surface area contributed by atoms with Gasteiger partial charge in [-0.2, -0.15) is 0 Å². The van der Waals surface area contributed by atoms with Crippen molar-refractivity contribution in [3.63, 3.8) is 0 Å². The van der Waals surface area contributed by atoms with Crippen LogP contribution < -0.4 is 0 Å². The molecule has 3 rings (SSSR count). The van der Waals surface area contributed by atoms with Crippen molar-refractivity contribution in [1.29, 1.82) is 0 Å². The first-order valence-corrected chi connectivity index (χ1v) is 10.9. The largest absolute Gasteiger partial charge is 0.373 e. The van der Waals surface area contributed by atoms with Gasteiger partial charge in [-0.3, -0.25) is 0 Å². The molecule has 0 N–H and O–H groups in total. The van der Waals surface area contributed by atoms with Crippen molar-refractivity contribution < 1.29 is 18.6 Å². The lowest BCUT2D eigenvalue weighted by molar-refractivity contribution is -0.229. The Morgan fingerprint density at radius 2 is 1.93 bits per heavy atom. The summed E-state index contributed by atoms with van der Waals surface area (Å²) in [6.45, 7) is 8.24. The van der Waals surface area contributed by atoms with Crippen LogP contribution in [0.1, 0.15) is 68.9 Å². The van der Waals surface area contributed by atoms with Crippen LogP contribution in [-0.2, 0) is 20.8 Å². The summed E-state index contributed by atoms with van der Waals surface area (Å²) in [7, 11) is 0. The van der Waals surface area contributed by atoms with Crippen LogP contribution in [0.25, 0.3) is 0 Å². The molecule has 1 aliphatic carbocycles. The van der Waals surface area contributed by atoms with Crippen molar-refractivity contribution in [2.24, 2.45) is 11.8 Å². The normalized spacial score (nSPS) is 28.2. The molecule has 1 aromatic rings. The first kappa shape index (κ1) is 21.5. The Kier molecular flexibility index (Phi) is 8.50. The lowest BCUT2D eigenvalue weighted by atomic mass is 9.78. The molecule has 2 fully saturated rings. The van der Waals surface area contributed by atoms with E-state index in [1.54, 1.807) is 12.1 Å². The maximum Gasteiger partial charge on any atom is 0.160 e. The highest BCUT2D eigenvalue weighted by molar-refractivity contribution is 5.27. The lowest BCUT2D eigenvalue weighted by Crippen LogP contribution is -2.38. The highest BCUT2D eigenvalue weighted by Gasteiger charge is 2.32. The van der Waals surface area contributed by atoms with Gasteiger partial charge in [0.25, 0.3) is 0 Å². The molecule has 3 nitrogen and oxygen atoms in total. The van der Waals surface area contributed by atoms with Crippen molar-refractivity contribution in [2.75, 3.05) is 19.8 Å². The van der Waals surface area contributed by atoms with Gasteiger partial charge in [-0.1, -0.05) is 38.0 Å². The number of unbranched alkanes of at least 4 members (excludes halogenated alkanes) is 1. The van der Waals surface area contributed by atoms with Crippen LogP contribution in [-0.4, -0.2) is 26.1 Å². The van der Waals surface area contributed by atoms with Gasteiger partial charge in [0.1, 0.15) is 5.82 Å². The molecule has 1 aromatic carbocycles. The lowest BCUT2D eigenvalue weighted by Gasteiger charge is -2.37. The van der Waals surface area contributed by atoms with Crippen LogP contribution in [0.3, 0.4) is 0 Å². The molecule has 4 heteroatoms. The Balaban J connectivity index is 1.45. The van der Waals surface area contributed by atoms with Crippen LogP contribution in [0.15, 0.2) is 30.9 Å². The van der Waals surface area contributed by atoms with Gasteiger partial charge in [0.2, 0.25) is 0 Å². The zero-order valence-electron chi connectivity index (χ0n) is 17.2. The SMILES string of the molecule is C=CCOCc1ccc(C2CCC([C@H]3OC[C@H](CCCC)CO3)CC2)cc1F. The molecule has 1 heterocycles. The zero-order chi connectivity index (χ0) is 19.8. The molecule has 0 unspecified atom stereocenters. The summed E-state index contributed by atoms with van der Waals surface area (Å²) in [6.07, 6.45) is 9.63. The molecule has 28 heavy (non-hydrogen) atoms. The molecule has 1 aliphatic heterocycles. The minimum atomic E-state index is -0.166. The standard InChI is InChI=1S/C24H35FO3/c1-3-5-6-18-15-27-24(28-16-18)20-9-7-19(8-10-20)21-11-12-22(23(25)14-21)17-26-13-4-2/h4,11-12,14,18-20,24H,2-3,5-10,13,15-17H2,1H3/t18-,19?,20?,24-. The number of rotatable bonds is 9. The molecule has 0 bridgehead atoms. The third-order valence-electron chi connectivity index (χ3n) is 6.16. The molecule has 0 amide bonds. The summed E-state index contributed by atoms with van der Waals surface area (Å²) >= 11 is 0. The van der Waals surface area contributed by atoms with Crippen LogP contribution >= 0.6 is 0 Å². The van der Waals surface area contributed by atoms with Gasteiger partial charge in [-0.05, 0) is 49.7 Å². The maximum atomic E-state index is 14.4. The summed E-state index contributed by atoms with van der Waals surface area (Å²) < 4.78 is 31.8. The molecule has 1 saturated heterocycles. The van der Waals surface area contributed by atoms with E-state index >= 15 is 0 Å². The Labute approximate surface area is 169 Å². The molecule has 156 valence electrons. The average Bonchev–Trinajstić information content (AvgIpc) is 2.74. The van der Waals surface area contributed by atoms with Crippen molar-refractivity contribution >= 4 is 0 Å². The second-order valence-electron chi connectivity index (χ2n) is 8.31. The van der Waals surface area contributed by atoms with Gasteiger partial charge < -0.3 is 14.2 Å². The predicted octanol–water partition coefficient (Wildman–Crippen LogP) is 5.98. The van der Waals surface area contributed by atoms with Crippen LogP contribution in [0.4, 0.5) is 4.39 Å². The molecule has 1 saturated carbocycles. The highest BCUT2D eigenvalue weighted by Crippen LogP contribution is 2.39. The van der Waals surface area contributed by atoms with E-state index in [1.165, 1.54) is 19.3 Å². The molecule has 0 aromatic heterocycles. The second kappa shape index (κ2) is 11.1. The summed E-state index contributed by atoms with van der Waals surface area (Å²) in [5.41, 5.74) is 1.72. The summed E-state index contributed by atoms with van der Waals surface area (Å²) in [4.78, 5) is 0. The number of hydrogen-bond acceptors (Lipinski definition) is 3. The summed E-state index contributed by atoms with van der Waals surface area (Å²) in [6, 6.07) is 5.62. The van der Waals surface area contributed by atoms with E-state index in [4.69, 9.17) is 14.2 Å². The smallest absolute Gasteiger partial charge is 0.160 e. The van der Waals surface area contributed by atoms with Gasteiger partial charge in [-0.15, -0.1) is 6.58 Å². The van der Waals surface area contributed by atoms with Crippen molar-refractivity contribution in [2.45, 2.75) is 70.7 Å². The molecule has 0 atom stereocenters. The topological polar surface area (TPSA) is 27.7 Å². The van der Waals surface area contributed by atoms with E-state index in [0.29, 0.717) is 36.5 Å². The predicted molar refractivity (Wildman–Crippen MR) is 110 cm³/mol. The van der Waals surface area contributed by atoms with Crippen molar-refractivity contribution in [3.05, 3.63) is 47.8 Å². The van der Waals surface area contributed by atoms with Crippen LogP contribution in [0, 0.1) is 17.7 Å². The Bertz CT molecular complexity index is 602. The minimum absolute atomic E-state index is 0.0417. The summed E-state index contributed by atoms with van der Waals surface area (Å²) in [5.74, 6) is 1.29. The van der Waals surface area contributed by atoms with Crippen LogP contribution in [0.5, 0.6) is 0 Å². The highest BCUT2D eigenvalue weighted by atomic mass is 19.1. The third-order valence-corrected chi connectivity index (χ3v) is 6.16. The number of benzene rings is 1. The fourth-order valence-corrected chi connectivity index (χ4v) is 4.40. The van der Waals surface area contributed by atoms with E-state index in [1.807, 2.05) is 6.07 Å². The van der Waals surface area contributed by atoms with E-state index in [9.17, 15) is 4.39 Å². The second-order valence-corrected chi connectivity index (χ2v) is 8.31. The average molecular weight is 391 g/mol. The van der Waals surface area contributed by atoms with Crippen LogP contribution in [0.2, 0.25) is 0 Å². The molecular weight excluding hydrogens is 355 g/mol. The first-order valence-electron chi connectivity index (χ1n) is 10.9. The van der Waals surface area contributed by atoms with Gasteiger partial charge in [-0.25, -0.2) is 4.39 Å². The maximum absolute atomic E-state index is 14.4. The van der Waals surface area contributed by atoms with E-state index in [2.05, 4.69) is 19.6 Å². The van der Waals surface area contributed by atoms with E-state index in [-0.39, 0.29) is 12.1 Å². The minimum Gasteiger partial charge on any atom is -0.373 e. The Hall–Kier alpha value is -1.23. The van der Waals surface area contributed by atoms with Gasteiger partial charge in [0.05, 0.1) is 26.4 Å². The molecule has 2 aliphatic rings. The Morgan fingerprint density at radius 1 is 1.18 bits per heavy atom. The molecule has 0 radical (unpaired) electrons. The number of hydrogen-bond donors (Lipinski definition) is 0. The fourth-order valence-electron chi connectivity index (χ4n) is 4.40. The van der Waals surface area contributed by atoms with E-state index < -0.39 is 0 Å². The summed E-state index contributed by atoms with van der Waals surface area (Å²) in [5, 5.41) is 0. The van der Waals surface area contributed by atoms with Crippen molar-refractivity contribution in [1.82, 2.24) is 0 Å².